The molecule has 128 valence electrons. The molecule has 0 aliphatic heterocycles. The molecule has 4 nitrogen and oxygen atoms in total. The van der Waals surface area contributed by atoms with Gasteiger partial charge in [-0.25, -0.2) is 13.8 Å². The van der Waals surface area contributed by atoms with Gasteiger partial charge in [-0.3, -0.25) is 4.79 Å². The van der Waals surface area contributed by atoms with Crippen molar-refractivity contribution < 1.29 is 13.6 Å². The number of amides is 1. The number of rotatable bonds is 7. The summed E-state index contributed by atoms with van der Waals surface area (Å²) in [5.41, 5.74) is 0.817. The molecule has 1 aromatic carbocycles. The van der Waals surface area contributed by atoms with Gasteiger partial charge in [0, 0.05) is 31.9 Å². The molecule has 0 aliphatic carbocycles. The monoisotopic (exact) mass is 333 g/mol. The molecule has 1 amide bonds. The third kappa shape index (κ3) is 4.50. The fourth-order valence-corrected chi connectivity index (χ4v) is 2.39. The van der Waals surface area contributed by atoms with Crippen LogP contribution >= 0.6 is 0 Å². The molecular formula is C18H21F2N3O. The van der Waals surface area contributed by atoms with Gasteiger partial charge in [-0.1, -0.05) is 6.07 Å². The number of hydrogen-bond acceptors (Lipinski definition) is 3. The van der Waals surface area contributed by atoms with Gasteiger partial charge >= 0.3 is 0 Å². The number of carbonyl (C=O) groups excluding carboxylic acids is 1. The number of hydrogen-bond donors (Lipinski definition) is 1. The van der Waals surface area contributed by atoms with Crippen LogP contribution in [0.3, 0.4) is 0 Å². The highest BCUT2D eigenvalue weighted by Crippen LogP contribution is 2.12. The first-order chi connectivity index (χ1) is 11.5. The number of benzene rings is 1. The quantitative estimate of drug-likeness (QED) is 0.846. The molecule has 0 atom stereocenters. The molecule has 1 heterocycles. The Kier molecular flexibility index (Phi) is 6.23. The summed E-state index contributed by atoms with van der Waals surface area (Å²) < 4.78 is 26.4. The first-order valence-electron chi connectivity index (χ1n) is 7.98. The van der Waals surface area contributed by atoms with Crippen LogP contribution in [0.4, 0.5) is 14.6 Å². The fraction of sp³-hybridized carbons (Fsp3) is 0.333. The number of aromatic nitrogens is 1. The van der Waals surface area contributed by atoms with E-state index < -0.39 is 11.6 Å². The number of anilines is 1. The van der Waals surface area contributed by atoms with Crippen LogP contribution in [0.2, 0.25) is 0 Å². The Hall–Kier alpha value is -2.50. The van der Waals surface area contributed by atoms with Crippen molar-refractivity contribution in [2.75, 3.05) is 24.5 Å². The van der Waals surface area contributed by atoms with Crippen LogP contribution in [0.5, 0.6) is 0 Å². The number of nitrogens with one attached hydrogen (secondary N) is 1. The predicted octanol–water partition coefficient (Wildman–Crippen LogP) is 3.18. The van der Waals surface area contributed by atoms with E-state index in [-0.39, 0.29) is 12.5 Å². The average molecular weight is 333 g/mol. The Morgan fingerprint density at radius 1 is 1.17 bits per heavy atom. The van der Waals surface area contributed by atoms with Crippen LogP contribution in [-0.2, 0) is 6.42 Å². The largest absolute Gasteiger partial charge is 0.357 e. The van der Waals surface area contributed by atoms with Crippen molar-refractivity contribution in [3.05, 3.63) is 59.3 Å². The van der Waals surface area contributed by atoms with Crippen molar-refractivity contribution in [3.8, 4) is 0 Å². The van der Waals surface area contributed by atoms with E-state index >= 15 is 0 Å². The van der Waals surface area contributed by atoms with Gasteiger partial charge in [0.15, 0.2) is 0 Å². The summed E-state index contributed by atoms with van der Waals surface area (Å²) >= 11 is 0. The highest BCUT2D eigenvalue weighted by atomic mass is 19.1. The maximum absolute atomic E-state index is 13.5. The molecule has 0 saturated heterocycles. The van der Waals surface area contributed by atoms with Gasteiger partial charge < -0.3 is 10.2 Å². The topological polar surface area (TPSA) is 45.2 Å². The third-order valence-corrected chi connectivity index (χ3v) is 3.79. The van der Waals surface area contributed by atoms with Crippen molar-refractivity contribution in [1.82, 2.24) is 10.3 Å². The van der Waals surface area contributed by atoms with E-state index in [1.165, 1.54) is 18.3 Å². The van der Waals surface area contributed by atoms with Crippen LogP contribution in [-0.4, -0.2) is 30.5 Å². The third-order valence-electron chi connectivity index (χ3n) is 3.79. The lowest BCUT2D eigenvalue weighted by Crippen LogP contribution is -2.27. The highest BCUT2D eigenvalue weighted by molar-refractivity contribution is 5.94. The van der Waals surface area contributed by atoms with Crippen molar-refractivity contribution in [3.63, 3.8) is 0 Å². The Labute approximate surface area is 140 Å². The SMILES string of the molecule is CCN(CC)c1ccc(C(=O)NCCc2ccc(F)cc2F)cn1. The molecule has 0 radical (unpaired) electrons. The van der Waals surface area contributed by atoms with E-state index in [1.54, 1.807) is 6.07 Å². The maximum atomic E-state index is 13.5. The smallest absolute Gasteiger partial charge is 0.252 e. The zero-order valence-corrected chi connectivity index (χ0v) is 13.9. The van der Waals surface area contributed by atoms with Crippen LogP contribution in [0, 0.1) is 11.6 Å². The normalized spacial score (nSPS) is 10.5. The number of halogens is 2. The Morgan fingerprint density at radius 2 is 1.92 bits per heavy atom. The van der Waals surface area contributed by atoms with Crippen molar-refractivity contribution in [2.45, 2.75) is 20.3 Å². The molecule has 24 heavy (non-hydrogen) atoms. The molecule has 1 N–H and O–H groups in total. The van der Waals surface area contributed by atoms with Crippen molar-refractivity contribution in [2.24, 2.45) is 0 Å². The van der Waals surface area contributed by atoms with Crippen molar-refractivity contribution >= 4 is 11.7 Å². The standard InChI is InChI=1S/C18H21F2N3O/c1-3-23(4-2)17-8-6-14(12-22-17)18(24)21-10-9-13-5-7-15(19)11-16(13)20/h5-8,11-12H,3-4,9-10H2,1-2H3,(H,21,24). The molecule has 6 heteroatoms. The minimum atomic E-state index is -0.611. The molecule has 0 bridgehead atoms. The minimum absolute atomic E-state index is 0.263. The summed E-state index contributed by atoms with van der Waals surface area (Å²) in [5, 5.41) is 2.71. The second kappa shape index (κ2) is 8.38. The molecule has 2 rings (SSSR count). The fourth-order valence-electron chi connectivity index (χ4n) is 2.39. The molecular weight excluding hydrogens is 312 g/mol. The van der Waals surface area contributed by atoms with Gasteiger partial charge in [0.25, 0.3) is 5.91 Å². The highest BCUT2D eigenvalue weighted by Gasteiger charge is 2.09. The van der Waals surface area contributed by atoms with Crippen molar-refractivity contribution in [1.29, 1.82) is 0 Å². The second-order valence-corrected chi connectivity index (χ2v) is 5.32. The summed E-state index contributed by atoms with van der Waals surface area (Å²) in [4.78, 5) is 18.5. The lowest BCUT2D eigenvalue weighted by molar-refractivity contribution is 0.0953. The molecule has 0 saturated carbocycles. The Balaban J connectivity index is 1.90. The van der Waals surface area contributed by atoms with E-state index in [0.29, 0.717) is 17.5 Å². The second-order valence-electron chi connectivity index (χ2n) is 5.32. The van der Waals surface area contributed by atoms with Gasteiger partial charge in [-0.15, -0.1) is 0 Å². The van der Waals surface area contributed by atoms with Gasteiger partial charge in [-0.05, 0) is 44.0 Å². The summed E-state index contributed by atoms with van der Waals surface area (Å²) in [7, 11) is 0. The van der Waals surface area contributed by atoms with E-state index in [4.69, 9.17) is 0 Å². The predicted molar refractivity (Wildman–Crippen MR) is 90.2 cm³/mol. The summed E-state index contributed by atoms with van der Waals surface area (Å²) in [6.45, 7) is 6.04. The van der Waals surface area contributed by atoms with Gasteiger partial charge in [0.2, 0.25) is 0 Å². The first kappa shape index (κ1) is 17.8. The van der Waals surface area contributed by atoms with E-state index in [2.05, 4.69) is 15.2 Å². The first-order valence-corrected chi connectivity index (χ1v) is 7.98. The Bertz CT molecular complexity index is 685. The maximum Gasteiger partial charge on any atom is 0.252 e. The van der Waals surface area contributed by atoms with Gasteiger partial charge in [0.05, 0.1) is 5.56 Å². The molecule has 0 spiro atoms. The summed E-state index contributed by atoms with van der Waals surface area (Å²) in [6.07, 6.45) is 1.82. The number of nitrogens with zero attached hydrogens (tertiary/aromatic N) is 2. The van der Waals surface area contributed by atoms with Gasteiger partial charge in [-0.2, -0.15) is 0 Å². The van der Waals surface area contributed by atoms with Crippen LogP contribution < -0.4 is 10.2 Å². The lowest BCUT2D eigenvalue weighted by Gasteiger charge is -2.19. The number of pyridine rings is 1. The van der Waals surface area contributed by atoms with Gasteiger partial charge in [0.1, 0.15) is 17.5 Å². The molecule has 0 unspecified atom stereocenters. The van der Waals surface area contributed by atoms with E-state index in [1.807, 2.05) is 19.9 Å². The van der Waals surface area contributed by atoms with Crippen LogP contribution in [0.1, 0.15) is 29.8 Å². The van der Waals surface area contributed by atoms with E-state index in [9.17, 15) is 13.6 Å². The molecule has 0 fully saturated rings. The van der Waals surface area contributed by atoms with Crippen LogP contribution in [0.15, 0.2) is 36.5 Å². The van der Waals surface area contributed by atoms with E-state index in [0.717, 1.165) is 25.0 Å². The lowest BCUT2D eigenvalue weighted by atomic mass is 10.1. The molecule has 1 aromatic heterocycles. The molecule has 0 aliphatic rings. The average Bonchev–Trinajstić information content (AvgIpc) is 2.58. The van der Waals surface area contributed by atoms with Crippen LogP contribution in [0.25, 0.3) is 0 Å². The Morgan fingerprint density at radius 3 is 2.50 bits per heavy atom. The number of carbonyl (C=O) groups is 1. The zero-order chi connectivity index (χ0) is 17.5. The minimum Gasteiger partial charge on any atom is -0.357 e. The molecule has 2 aromatic rings. The zero-order valence-electron chi connectivity index (χ0n) is 13.9. The summed E-state index contributed by atoms with van der Waals surface area (Å²) in [6, 6.07) is 6.95. The summed E-state index contributed by atoms with van der Waals surface area (Å²) in [5.74, 6) is -0.657.